The third-order valence-corrected chi connectivity index (χ3v) is 4.49. The van der Waals surface area contributed by atoms with E-state index in [1.807, 2.05) is 11.0 Å². The minimum absolute atomic E-state index is 0.0895. The molecule has 0 bridgehead atoms. The Morgan fingerprint density at radius 1 is 1.24 bits per heavy atom. The molecule has 1 N–H and O–H groups in total. The molecule has 0 radical (unpaired) electrons. The summed E-state index contributed by atoms with van der Waals surface area (Å²) in [6.45, 7) is 1.83. The molecule has 1 saturated heterocycles. The lowest BCUT2D eigenvalue weighted by atomic mass is 10.2. The molecule has 1 aliphatic heterocycles. The van der Waals surface area contributed by atoms with Gasteiger partial charge in [-0.25, -0.2) is 0 Å². The van der Waals surface area contributed by atoms with Gasteiger partial charge in [-0.3, -0.25) is 14.6 Å². The van der Waals surface area contributed by atoms with Crippen LogP contribution in [0.4, 0.5) is 0 Å². The van der Waals surface area contributed by atoms with Crippen molar-refractivity contribution < 1.29 is 14.3 Å². The van der Waals surface area contributed by atoms with Crippen molar-refractivity contribution in [2.24, 2.45) is 0 Å². The first kappa shape index (κ1) is 17.5. The quantitative estimate of drug-likeness (QED) is 0.857. The van der Waals surface area contributed by atoms with Crippen LogP contribution >= 0.6 is 11.6 Å². The van der Waals surface area contributed by atoms with Crippen LogP contribution in [-0.2, 0) is 9.59 Å². The van der Waals surface area contributed by atoms with Gasteiger partial charge in [0.2, 0.25) is 5.91 Å². The summed E-state index contributed by atoms with van der Waals surface area (Å²) >= 11 is 6.13. The van der Waals surface area contributed by atoms with Crippen molar-refractivity contribution in [2.45, 2.75) is 19.3 Å². The molecule has 6 nitrogen and oxygen atoms in total. The maximum Gasteiger partial charge on any atom is 0.257 e. The van der Waals surface area contributed by atoms with E-state index >= 15 is 0 Å². The largest absolute Gasteiger partial charge is 0.481 e. The van der Waals surface area contributed by atoms with Crippen molar-refractivity contribution in [3.8, 4) is 5.75 Å². The second kappa shape index (κ2) is 8.16. The normalized spacial score (nSPS) is 13.9. The number of rotatable bonds is 6. The van der Waals surface area contributed by atoms with Gasteiger partial charge < -0.3 is 15.0 Å². The fourth-order valence-corrected chi connectivity index (χ4v) is 3.07. The first-order chi connectivity index (χ1) is 12.1. The van der Waals surface area contributed by atoms with Crippen LogP contribution in [0, 0.1) is 0 Å². The number of ether oxygens (including phenoxy) is 1. The molecular formula is C18H20ClN3O3. The van der Waals surface area contributed by atoms with Gasteiger partial charge >= 0.3 is 0 Å². The van der Waals surface area contributed by atoms with Crippen molar-refractivity contribution >= 4 is 34.3 Å². The highest BCUT2D eigenvalue weighted by atomic mass is 35.5. The van der Waals surface area contributed by atoms with Gasteiger partial charge in [0, 0.05) is 37.6 Å². The second-order valence-corrected chi connectivity index (χ2v) is 6.33. The number of benzene rings is 1. The molecule has 0 atom stereocenters. The molecule has 0 saturated carbocycles. The molecule has 1 fully saturated rings. The zero-order valence-electron chi connectivity index (χ0n) is 13.8. The SMILES string of the molecule is O=C(COc1ccc(Cl)c2cccnc12)NCCC(=O)N1CCCC1. The number of likely N-dealkylation sites (tertiary alicyclic amines) is 1. The minimum atomic E-state index is -0.270. The number of nitrogens with zero attached hydrogens (tertiary/aromatic N) is 2. The molecule has 7 heteroatoms. The average Bonchev–Trinajstić information content (AvgIpc) is 3.16. The highest BCUT2D eigenvalue weighted by Crippen LogP contribution is 2.29. The third-order valence-electron chi connectivity index (χ3n) is 4.16. The van der Waals surface area contributed by atoms with Crippen LogP contribution in [0.1, 0.15) is 19.3 Å². The maximum absolute atomic E-state index is 11.9. The molecular weight excluding hydrogens is 342 g/mol. The van der Waals surface area contributed by atoms with Gasteiger partial charge in [0.15, 0.2) is 6.61 Å². The standard InChI is InChI=1S/C18H20ClN3O3/c19-14-5-6-15(18-13(14)4-3-8-21-18)25-12-16(23)20-9-7-17(24)22-10-1-2-11-22/h3-6,8H,1-2,7,9-12H2,(H,20,23). The molecule has 25 heavy (non-hydrogen) atoms. The van der Waals surface area contributed by atoms with E-state index in [-0.39, 0.29) is 18.4 Å². The summed E-state index contributed by atoms with van der Waals surface area (Å²) < 4.78 is 5.56. The molecule has 0 aliphatic carbocycles. The number of amides is 2. The van der Waals surface area contributed by atoms with E-state index in [0.29, 0.717) is 29.3 Å². The first-order valence-electron chi connectivity index (χ1n) is 8.35. The summed E-state index contributed by atoms with van der Waals surface area (Å²) in [5.74, 6) is 0.322. The molecule has 0 unspecified atom stereocenters. The van der Waals surface area contributed by atoms with E-state index in [1.165, 1.54) is 0 Å². The molecule has 132 valence electrons. The van der Waals surface area contributed by atoms with Crippen molar-refractivity contribution in [3.63, 3.8) is 0 Å². The van der Waals surface area contributed by atoms with Gasteiger partial charge in [-0.1, -0.05) is 11.6 Å². The number of pyridine rings is 1. The topological polar surface area (TPSA) is 71.5 Å². The predicted molar refractivity (Wildman–Crippen MR) is 95.7 cm³/mol. The van der Waals surface area contributed by atoms with Crippen molar-refractivity contribution in [1.82, 2.24) is 15.2 Å². The lowest BCUT2D eigenvalue weighted by Gasteiger charge is -2.15. The Bertz CT molecular complexity index is 775. The maximum atomic E-state index is 11.9. The number of carbonyl (C=O) groups excluding carboxylic acids is 2. The summed E-state index contributed by atoms with van der Waals surface area (Å²) in [5, 5.41) is 4.07. The fourth-order valence-electron chi connectivity index (χ4n) is 2.86. The second-order valence-electron chi connectivity index (χ2n) is 5.92. The van der Waals surface area contributed by atoms with Gasteiger partial charge in [-0.2, -0.15) is 0 Å². The van der Waals surface area contributed by atoms with Crippen LogP contribution in [0.5, 0.6) is 5.75 Å². The Hall–Kier alpha value is -2.34. The number of aromatic nitrogens is 1. The summed E-state index contributed by atoms with van der Waals surface area (Å²) in [6, 6.07) is 7.05. The zero-order valence-corrected chi connectivity index (χ0v) is 14.6. The first-order valence-corrected chi connectivity index (χ1v) is 8.73. The fraction of sp³-hybridized carbons (Fsp3) is 0.389. The Morgan fingerprint density at radius 3 is 2.84 bits per heavy atom. The molecule has 1 aromatic heterocycles. The van der Waals surface area contributed by atoms with E-state index < -0.39 is 0 Å². The molecule has 2 heterocycles. The monoisotopic (exact) mass is 361 g/mol. The zero-order chi connectivity index (χ0) is 17.6. The lowest BCUT2D eigenvalue weighted by molar-refractivity contribution is -0.130. The number of nitrogens with one attached hydrogen (secondary N) is 1. The van der Waals surface area contributed by atoms with Crippen LogP contribution in [0.2, 0.25) is 5.02 Å². The van der Waals surface area contributed by atoms with Gasteiger partial charge in [0.1, 0.15) is 11.3 Å². The number of carbonyl (C=O) groups is 2. The van der Waals surface area contributed by atoms with Crippen LogP contribution in [0.3, 0.4) is 0 Å². The van der Waals surface area contributed by atoms with E-state index in [4.69, 9.17) is 16.3 Å². The Kier molecular flexibility index (Phi) is 5.71. The van der Waals surface area contributed by atoms with Crippen LogP contribution in [0.15, 0.2) is 30.5 Å². The Balaban J connectivity index is 1.48. The molecule has 3 rings (SSSR count). The van der Waals surface area contributed by atoms with Crippen LogP contribution in [0.25, 0.3) is 10.9 Å². The van der Waals surface area contributed by atoms with Gasteiger partial charge in [-0.15, -0.1) is 0 Å². The highest BCUT2D eigenvalue weighted by Gasteiger charge is 2.17. The minimum Gasteiger partial charge on any atom is -0.481 e. The molecule has 1 aliphatic rings. The number of hydrogen-bond acceptors (Lipinski definition) is 4. The van der Waals surface area contributed by atoms with E-state index in [0.717, 1.165) is 31.3 Å². The van der Waals surface area contributed by atoms with Crippen molar-refractivity contribution in [2.75, 3.05) is 26.2 Å². The number of halogens is 1. The third kappa shape index (κ3) is 4.39. The van der Waals surface area contributed by atoms with Gasteiger partial charge in [0.05, 0.1) is 5.02 Å². The average molecular weight is 362 g/mol. The smallest absolute Gasteiger partial charge is 0.257 e. The van der Waals surface area contributed by atoms with Crippen molar-refractivity contribution in [1.29, 1.82) is 0 Å². The molecule has 2 aromatic rings. The van der Waals surface area contributed by atoms with E-state index in [2.05, 4.69) is 10.3 Å². The van der Waals surface area contributed by atoms with Gasteiger partial charge in [0.25, 0.3) is 5.91 Å². The molecule has 0 spiro atoms. The van der Waals surface area contributed by atoms with E-state index in [9.17, 15) is 9.59 Å². The van der Waals surface area contributed by atoms with Crippen molar-refractivity contribution in [3.05, 3.63) is 35.5 Å². The van der Waals surface area contributed by atoms with Gasteiger partial charge in [-0.05, 0) is 37.1 Å². The predicted octanol–water partition coefficient (Wildman–Crippen LogP) is 2.40. The summed E-state index contributed by atoms with van der Waals surface area (Å²) in [7, 11) is 0. The Morgan fingerprint density at radius 2 is 2.04 bits per heavy atom. The summed E-state index contributed by atoms with van der Waals surface area (Å²) in [4.78, 5) is 29.9. The summed E-state index contributed by atoms with van der Waals surface area (Å²) in [6.07, 6.45) is 4.09. The summed E-state index contributed by atoms with van der Waals surface area (Å²) in [5.41, 5.74) is 0.618. The van der Waals surface area contributed by atoms with Crippen LogP contribution < -0.4 is 10.1 Å². The highest BCUT2D eigenvalue weighted by molar-refractivity contribution is 6.35. The molecule has 1 aromatic carbocycles. The van der Waals surface area contributed by atoms with Crippen LogP contribution in [-0.4, -0.2) is 47.9 Å². The number of fused-ring (bicyclic) bond motifs is 1. The Labute approximate surface area is 151 Å². The number of hydrogen-bond donors (Lipinski definition) is 1. The molecule has 2 amide bonds. The lowest BCUT2D eigenvalue weighted by Crippen LogP contribution is -2.34. The van der Waals surface area contributed by atoms with E-state index in [1.54, 1.807) is 24.4 Å².